The van der Waals surface area contributed by atoms with Gasteiger partial charge in [0.05, 0.1) is 13.2 Å². The molecule has 2 heterocycles. The van der Waals surface area contributed by atoms with E-state index < -0.39 is 0 Å². The molecule has 0 aliphatic carbocycles. The SMILES string of the molecule is Cc1cc(NN)nc(CN2CCN(CCO)CC2)n1. The maximum absolute atomic E-state index is 8.91. The van der Waals surface area contributed by atoms with Gasteiger partial charge in [0, 0.05) is 44.5 Å². The number of hydrogen-bond acceptors (Lipinski definition) is 7. The Morgan fingerprint density at radius 3 is 2.58 bits per heavy atom. The van der Waals surface area contributed by atoms with Crippen molar-refractivity contribution in [2.75, 3.05) is 44.8 Å². The second kappa shape index (κ2) is 6.76. The van der Waals surface area contributed by atoms with E-state index >= 15 is 0 Å². The van der Waals surface area contributed by atoms with Gasteiger partial charge in [-0.2, -0.15) is 0 Å². The Kier molecular flexibility index (Phi) is 5.03. The van der Waals surface area contributed by atoms with Crippen LogP contribution < -0.4 is 11.3 Å². The summed E-state index contributed by atoms with van der Waals surface area (Å²) in [5, 5.41) is 8.91. The van der Waals surface area contributed by atoms with E-state index in [1.165, 1.54) is 0 Å². The Morgan fingerprint density at radius 1 is 1.26 bits per heavy atom. The van der Waals surface area contributed by atoms with Crippen molar-refractivity contribution < 1.29 is 5.11 Å². The molecule has 1 aromatic heterocycles. The van der Waals surface area contributed by atoms with Gasteiger partial charge in [0.25, 0.3) is 0 Å². The fraction of sp³-hybridized carbons (Fsp3) is 0.667. The number of rotatable bonds is 5. The van der Waals surface area contributed by atoms with Crippen LogP contribution in [0.3, 0.4) is 0 Å². The van der Waals surface area contributed by atoms with Crippen LogP contribution in [-0.2, 0) is 6.54 Å². The quantitative estimate of drug-likeness (QED) is 0.474. The zero-order valence-electron chi connectivity index (χ0n) is 11.3. The van der Waals surface area contributed by atoms with Gasteiger partial charge in [-0.25, -0.2) is 15.8 Å². The van der Waals surface area contributed by atoms with Crippen LogP contribution in [-0.4, -0.2) is 64.2 Å². The van der Waals surface area contributed by atoms with Crippen LogP contribution in [0.4, 0.5) is 5.82 Å². The number of anilines is 1. The lowest BCUT2D eigenvalue weighted by molar-refractivity contribution is 0.107. The minimum absolute atomic E-state index is 0.229. The molecule has 1 saturated heterocycles. The number of aromatic nitrogens is 2. The van der Waals surface area contributed by atoms with Gasteiger partial charge in [-0.1, -0.05) is 0 Å². The first-order valence-electron chi connectivity index (χ1n) is 6.58. The number of aliphatic hydroxyl groups excluding tert-OH is 1. The normalized spacial score (nSPS) is 17.6. The van der Waals surface area contributed by atoms with Crippen LogP contribution in [0.15, 0.2) is 6.07 Å². The summed E-state index contributed by atoms with van der Waals surface area (Å²) in [7, 11) is 0. The van der Waals surface area contributed by atoms with E-state index in [1.807, 2.05) is 13.0 Å². The number of nitrogens with zero attached hydrogens (tertiary/aromatic N) is 4. The number of β-amino-alcohol motifs (C(OH)–C–C–N with tert-alkyl or cyclic N) is 1. The van der Waals surface area contributed by atoms with Gasteiger partial charge in [0.2, 0.25) is 0 Å². The molecule has 0 aromatic carbocycles. The van der Waals surface area contributed by atoms with Crippen molar-refractivity contribution in [1.29, 1.82) is 0 Å². The van der Waals surface area contributed by atoms with Gasteiger partial charge < -0.3 is 10.5 Å². The van der Waals surface area contributed by atoms with Crippen LogP contribution in [0.2, 0.25) is 0 Å². The summed E-state index contributed by atoms with van der Waals surface area (Å²) in [5.74, 6) is 6.84. The molecule has 1 aliphatic rings. The second-order valence-electron chi connectivity index (χ2n) is 4.80. The van der Waals surface area contributed by atoms with Crippen molar-refractivity contribution in [2.24, 2.45) is 5.84 Å². The molecule has 1 aliphatic heterocycles. The molecule has 0 spiro atoms. The highest BCUT2D eigenvalue weighted by Gasteiger charge is 2.17. The molecule has 0 atom stereocenters. The van der Waals surface area contributed by atoms with Gasteiger partial charge in [-0.05, 0) is 6.92 Å². The van der Waals surface area contributed by atoms with E-state index in [-0.39, 0.29) is 6.61 Å². The van der Waals surface area contributed by atoms with Crippen molar-refractivity contribution in [2.45, 2.75) is 13.5 Å². The van der Waals surface area contributed by atoms with E-state index in [0.717, 1.165) is 50.8 Å². The van der Waals surface area contributed by atoms with Crippen LogP contribution in [0.5, 0.6) is 0 Å². The molecule has 7 nitrogen and oxygen atoms in total. The third-order valence-corrected chi connectivity index (χ3v) is 3.29. The number of hydrogen-bond donors (Lipinski definition) is 3. The number of piperazine rings is 1. The average Bonchev–Trinajstić information content (AvgIpc) is 2.40. The molecule has 4 N–H and O–H groups in total. The molecular formula is C12H22N6O. The monoisotopic (exact) mass is 266 g/mol. The highest BCUT2D eigenvalue weighted by Crippen LogP contribution is 2.09. The molecule has 0 amide bonds. The molecule has 106 valence electrons. The lowest BCUT2D eigenvalue weighted by Gasteiger charge is -2.33. The number of nitrogens with two attached hydrogens (primary N) is 1. The first-order chi connectivity index (χ1) is 9.21. The minimum atomic E-state index is 0.229. The summed E-state index contributed by atoms with van der Waals surface area (Å²) in [6.45, 7) is 7.57. The molecule has 1 fully saturated rings. The highest BCUT2D eigenvalue weighted by molar-refractivity contribution is 5.33. The third-order valence-electron chi connectivity index (χ3n) is 3.29. The van der Waals surface area contributed by atoms with Crippen molar-refractivity contribution >= 4 is 5.82 Å². The minimum Gasteiger partial charge on any atom is -0.395 e. The largest absolute Gasteiger partial charge is 0.395 e. The molecule has 7 heteroatoms. The Morgan fingerprint density at radius 2 is 1.95 bits per heavy atom. The smallest absolute Gasteiger partial charge is 0.145 e. The first-order valence-corrected chi connectivity index (χ1v) is 6.58. The summed E-state index contributed by atoms with van der Waals surface area (Å²) in [4.78, 5) is 13.4. The van der Waals surface area contributed by atoms with E-state index in [4.69, 9.17) is 10.9 Å². The van der Waals surface area contributed by atoms with Gasteiger partial charge in [-0.3, -0.25) is 9.80 Å². The molecule has 2 rings (SSSR count). The first kappa shape index (κ1) is 14.1. The molecule has 0 unspecified atom stereocenters. The van der Waals surface area contributed by atoms with Crippen LogP contribution >= 0.6 is 0 Å². The Hall–Kier alpha value is -1.28. The zero-order valence-corrected chi connectivity index (χ0v) is 11.3. The Labute approximate surface area is 113 Å². The summed E-state index contributed by atoms with van der Waals surface area (Å²) >= 11 is 0. The lowest BCUT2D eigenvalue weighted by Crippen LogP contribution is -2.46. The predicted molar refractivity (Wildman–Crippen MR) is 73.4 cm³/mol. The van der Waals surface area contributed by atoms with E-state index in [1.54, 1.807) is 0 Å². The van der Waals surface area contributed by atoms with Crippen LogP contribution in [0, 0.1) is 6.92 Å². The van der Waals surface area contributed by atoms with E-state index in [9.17, 15) is 0 Å². The maximum atomic E-state index is 8.91. The third kappa shape index (κ3) is 4.10. The van der Waals surface area contributed by atoms with Crippen molar-refractivity contribution in [3.05, 3.63) is 17.6 Å². The fourth-order valence-corrected chi connectivity index (χ4v) is 2.29. The average molecular weight is 266 g/mol. The van der Waals surface area contributed by atoms with Crippen molar-refractivity contribution in [3.8, 4) is 0 Å². The van der Waals surface area contributed by atoms with Gasteiger partial charge in [0.15, 0.2) is 0 Å². The number of nitrogen functional groups attached to an aromatic ring is 1. The molecule has 0 saturated carbocycles. The van der Waals surface area contributed by atoms with Crippen molar-refractivity contribution in [1.82, 2.24) is 19.8 Å². The summed E-state index contributed by atoms with van der Waals surface area (Å²) in [6, 6.07) is 1.82. The second-order valence-corrected chi connectivity index (χ2v) is 4.80. The number of nitrogens with one attached hydrogen (secondary N) is 1. The van der Waals surface area contributed by atoms with Gasteiger partial charge >= 0.3 is 0 Å². The molecule has 0 bridgehead atoms. The summed E-state index contributed by atoms with van der Waals surface area (Å²) < 4.78 is 0. The Bertz CT molecular complexity index is 405. The van der Waals surface area contributed by atoms with Crippen LogP contribution in [0.25, 0.3) is 0 Å². The molecule has 0 radical (unpaired) electrons. The van der Waals surface area contributed by atoms with E-state index in [0.29, 0.717) is 5.82 Å². The molecular weight excluding hydrogens is 244 g/mol. The highest BCUT2D eigenvalue weighted by atomic mass is 16.3. The standard InChI is InChI=1S/C12H22N6O/c1-10-8-11(16-13)15-12(14-10)9-18-4-2-17(3-5-18)6-7-19/h8,19H,2-7,9,13H2,1H3,(H,14,15,16). The van der Waals surface area contributed by atoms with Gasteiger partial charge in [-0.15, -0.1) is 0 Å². The fourth-order valence-electron chi connectivity index (χ4n) is 2.29. The number of aryl methyl sites for hydroxylation is 1. The van der Waals surface area contributed by atoms with Crippen molar-refractivity contribution in [3.63, 3.8) is 0 Å². The van der Waals surface area contributed by atoms with Crippen LogP contribution in [0.1, 0.15) is 11.5 Å². The number of hydrazine groups is 1. The maximum Gasteiger partial charge on any atom is 0.145 e. The predicted octanol–water partition coefficient (Wildman–Crippen LogP) is -0.819. The Balaban J connectivity index is 1.90. The summed E-state index contributed by atoms with van der Waals surface area (Å²) in [5.41, 5.74) is 3.48. The zero-order chi connectivity index (χ0) is 13.7. The lowest BCUT2D eigenvalue weighted by atomic mass is 10.3. The topological polar surface area (TPSA) is 90.5 Å². The van der Waals surface area contributed by atoms with E-state index in [2.05, 4.69) is 25.2 Å². The van der Waals surface area contributed by atoms with Gasteiger partial charge in [0.1, 0.15) is 11.6 Å². The number of aliphatic hydroxyl groups is 1. The molecule has 1 aromatic rings. The molecule has 19 heavy (non-hydrogen) atoms. The summed E-state index contributed by atoms with van der Waals surface area (Å²) in [6.07, 6.45) is 0.